The number of methoxy groups -OCH3 is 1. The maximum Gasteiger partial charge on any atom is 0.147 e. The summed E-state index contributed by atoms with van der Waals surface area (Å²) in [6.45, 7) is 14.2. The van der Waals surface area contributed by atoms with Gasteiger partial charge in [0.15, 0.2) is 0 Å². The molecule has 0 saturated carbocycles. The highest BCUT2D eigenvalue weighted by molar-refractivity contribution is 7.84. The largest absolute Gasteiger partial charge is 0.359 e. The minimum atomic E-state index is -1.24. The molecule has 0 N–H and O–H groups in total. The van der Waals surface area contributed by atoms with Gasteiger partial charge in [0.05, 0.1) is 16.9 Å². The van der Waals surface area contributed by atoms with Crippen LogP contribution in [0.4, 0.5) is 0 Å². The predicted molar refractivity (Wildman–Crippen MR) is 101 cm³/mol. The Morgan fingerprint density at radius 3 is 2.33 bits per heavy atom. The summed E-state index contributed by atoms with van der Waals surface area (Å²) in [5.74, 6) is 0. The van der Waals surface area contributed by atoms with E-state index in [2.05, 4.69) is 13.2 Å². The molecule has 24 heavy (non-hydrogen) atoms. The van der Waals surface area contributed by atoms with Crippen LogP contribution in [0.3, 0.4) is 0 Å². The Labute approximate surface area is 148 Å². The number of nitrogens with zero attached hydrogens (tertiary/aromatic N) is 1. The van der Waals surface area contributed by atoms with Crippen LogP contribution < -0.4 is 0 Å². The van der Waals surface area contributed by atoms with Crippen molar-refractivity contribution in [3.05, 3.63) is 61.2 Å². The molecule has 0 aliphatic heterocycles. The fraction of sp³-hybridized carbons (Fsp3) is 0.474. The Balaban J connectivity index is 3.33. The molecule has 0 aromatic heterocycles. The molecule has 0 aliphatic rings. The topological polar surface area (TPSA) is 38.8 Å². The van der Waals surface area contributed by atoms with Crippen LogP contribution in [0.2, 0.25) is 0 Å². The van der Waals surface area contributed by atoms with Crippen LogP contribution >= 0.6 is 0 Å². The third kappa shape index (κ3) is 5.67. The lowest BCUT2D eigenvalue weighted by molar-refractivity contribution is -0.0733. The molecule has 0 spiro atoms. The number of rotatable bonds is 10. The van der Waals surface area contributed by atoms with Crippen molar-refractivity contribution in [2.24, 2.45) is 0 Å². The molecule has 0 aliphatic carbocycles. The molecule has 134 valence electrons. The van der Waals surface area contributed by atoms with Gasteiger partial charge in [-0.05, 0) is 26.3 Å². The van der Waals surface area contributed by atoms with Crippen molar-refractivity contribution in [3.63, 3.8) is 0 Å². The van der Waals surface area contributed by atoms with Gasteiger partial charge in [-0.3, -0.25) is 0 Å². The highest BCUT2D eigenvalue weighted by Crippen LogP contribution is 2.31. The quantitative estimate of drug-likeness (QED) is 0.475. The summed E-state index contributed by atoms with van der Waals surface area (Å²) in [7, 11) is 0.336. The first kappa shape index (κ1) is 20.8. The van der Waals surface area contributed by atoms with Gasteiger partial charge in [0.2, 0.25) is 0 Å². The van der Waals surface area contributed by atoms with Crippen molar-refractivity contribution in [2.75, 3.05) is 20.4 Å². The first-order chi connectivity index (χ1) is 11.4. The maximum atomic E-state index is 13.1. The van der Waals surface area contributed by atoms with Crippen LogP contribution in [0.15, 0.2) is 55.6 Å². The van der Waals surface area contributed by atoms with Gasteiger partial charge in [-0.1, -0.05) is 42.5 Å². The minimum absolute atomic E-state index is 0.143. The van der Waals surface area contributed by atoms with Gasteiger partial charge < -0.3 is 9.47 Å². The molecule has 0 unspecified atom stereocenters. The van der Waals surface area contributed by atoms with Crippen molar-refractivity contribution in [1.82, 2.24) is 4.31 Å². The predicted octanol–water partition coefficient (Wildman–Crippen LogP) is 3.85. The summed E-state index contributed by atoms with van der Waals surface area (Å²) in [5.41, 5.74) is 1.01. The van der Waals surface area contributed by atoms with Crippen molar-refractivity contribution in [1.29, 1.82) is 0 Å². The molecule has 0 saturated heterocycles. The summed E-state index contributed by atoms with van der Waals surface area (Å²) in [5, 5.41) is 0. The van der Waals surface area contributed by atoms with Gasteiger partial charge in [-0.25, -0.2) is 8.51 Å². The summed E-state index contributed by atoms with van der Waals surface area (Å²) >= 11 is 0. The lowest BCUT2D eigenvalue weighted by Crippen LogP contribution is -2.44. The van der Waals surface area contributed by atoms with Crippen LogP contribution in [-0.4, -0.2) is 39.8 Å². The van der Waals surface area contributed by atoms with Gasteiger partial charge in [-0.2, -0.15) is 0 Å². The van der Waals surface area contributed by atoms with Crippen LogP contribution in [0, 0.1) is 0 Å². The zero-order valence-electron chi connectivity index (χ0n) is 15.1. The Morgan fingerprint density at radius 2 is 1.88 bits per heavy atom. The molecule has 0 heterocycles. The summed E-state index contributed by atoms with van der Waals surface area (Å²) in [6, 6.07) is 9.64. The van der Waals surface area contributed by atoms with Gasteiger partial charge in [0.1, 0.15) is 17.8 Å². The molecule has 0 fully saturated rings. The van der Waals surface area contributed by atoms with E-state index >= 15 is 0 Å². The van der Waals surface area contributed by atoms with Crippen LogP contribution in [0.25, 0.3) is 0 Å². The molecule has 3 atom stereocenters. The summed E-state index contributed by atoms with van der Waals surface area (Å²) in [6.07, 6.45) is 3.13. The maximum absolute atomic E-state index is 13.1. The normalized spacial score (nSPS) is 15.7. The van der Waals surface area contributed by atoms with E-state index in [9.17, 15) is 4.21 Å². The number of hydrogen-bond acceptors (Lipinski definition) is 3. The van der Waals surface area contributed by atoms with Gasteiger partial charge >= 0.3 is 0 Å². The number of hydrogen-bond donors (Lipinski definition) is 0. The second kappa shape index (κ2) is 9.89. The number of ether oxygens (including phenoxy) is 2. The minimum Gasteiger partial charge on any atom is -0.359 e. The SMILES string of the molecule is C=CCN([C@@H](c1ccccc1)[C@@H](C=C)OCOC)[S@](=O)C(C)(C)C. The average molecular weight is 352 g/mol. The van der Waals surface area contributed by atoms with Gasteiger partial charge in [0.25, 0.3) is 0 Å². The van der Waals surface area contributed by atoms with Crippen LogP contribution in [0.1, 0.15) is 32.4 Å². The fourth-order valence-corrected chi connectivity index (χ4v) is 3.76. The highest BCUT2D eigenvalue weighted by Gasteiger charge is 2.35. The van der Waals surface area contributed by atoms with E-state index in [1.54, 1.807) is 19.3 Å². The third-order valence-electron chi connectivity index (χ3n) is 3.42. The van der Waals surface area contributed by atoms with E-state index in [1.165, 1.54) is 0 Å². The Morgan fingerprint density at radius 1 is 1.25 bits per heavy atom. The highest BCUT2D eigenvalue weighted by atomic mass is 32.2. The van der Waals surface area contributed by atoms with E-state index in [4.69, 9.17) is 9.47 Å². The Bertz CT molecular complexity index is 539. The molecule has 1 rings (SSSR count). The summed E-state index contributed by atoms with van der Waals surface area (Å²) in [4.78, 5) is 0. The fourth-order valence-electron chi connectivity index (χ4n) is 2.37. The van der Waals surface area contributed by atoms with E-state index in [0.29, 0.717) is 6.54 Å². The molecule has 1 aromatic carbocycles. The third-order valence-corrected chi connectivity index (χ3v) is 5.27. The van der Waals surface area contributed by atoms with E-state index in [0.717, 1.165) is 5.56 Å². The van der Waals surface area contributed by atoms with Crippen molar-refractivity contribution >= 4 is 11.0 Å². The van der Waals surface area contributed by atoms with Crippen molar-refractivity contribution in [2.45, 2.75) is 37.7 Å². The molecule has 5 heteroatoms. The molecule has 1 aromatic rings. The van der Waals surface area contributed by atoms with E-state index in [-0.39, 0.29) is 18.9 Å². The second-order valence-corrected chi connectivity index (χ2v) is 8.57. The van der Waals surface area contributed by atoms with Crippen LogP contribution in [-0.2, 0) is 20.5 Å². The van der Waals surface area contributed by atoms with Gasteiger partial charge in [0, 0.05) is 13.7 Å². The second-order valence-electron chi connectivity index (χ2n) is 6.38. The number of benzene rings is 1. The average Bonchev–Trinajstić information content (AvgIpc) is 2.56. The van der Waals surface area contributed by atoms with Crippen LogP contribution in [0.5, 0.6) is 0 Å². The standard InChI is InChI=1S/C19H29NO3S/c1-7-14-20(24(21)19(3,4)5)18(16-12-10-9-11-13-16)17(8-2)23-15-22-6/h7-13,17-18H,1-2,14-15H2,3-6H3/t17-,18+,24-/m1/s1. The molecular weight excluding hydrogens is 322 g/mol. The molecule has 0 bridgehead atoms. The Kier molecular flexibility index (Phi) is 8.56. The first-order valence-corrected chi connectivity index (χ1v) is 9.05. The molecule has 0 amide bonds. The summed E-state index contributed by atoms with van der Waals surface area (Å²) < 4.78 is 25.5. The zero-order chi connectivity index (χ0) is 18.2. The first-order valence-electron chi connectivity index (χ1n) is 7.94. The lowest BCUT2D eigenvalue weighted by Gasteiger charge is -2.37. The van der Waals surface area contributed by atoms with Crippen molar-refractivity contribution in [3.8, 4) is 0 Å². The van der Waals surface area contributed by atoms with E-state index in [1.807, 2.05) is 55.4 Å². The molecular formula is C19H29NO3S. The Hall–Kier alpha value is -1.27. The van der Waals surface area contributed by atoms with E-state index < -0.39 is 15.7 Å². The monoisotopic (exact) mass is 351 g/mol. The zero-order valence-corrected chi connectivity index (χ0v) is 15.9. The molecule has 4 nitrogen and oxygen atoms in total. The lowest BCUT2D eigenvalue weighted by atomic mass is 10.0. The molecule has 0 radical (unpaired) electrons. The smallest absolute Gasteiger partial charge is 0.147 e. The van der Waals surface area contributed by atoms with Crippen molar-refractivity contribution < 1.29 is 13.7 Å². The van der Waals surface area contributed by atoms with Gasteiger partial charge in [-0.15, -0.1) is 13.2 Å².